The van der Waals surface area contributed by atoms with Gasteiger partial charge in [0.1, 0.15) is 17.3 Å². The summed E-state index contributed by atoms with van der Waals surface area (Å²) in [6.45, 7) is 8.26. The van der Waals surface area contributed by atoms with Gasteiger partial charge in [-0.15, -0.1) is 0 Å². The highest BCUT2D eigenvalue weighted by Gasteiger charge is 2.15. The van der Waals surface area contributed by atoms with Crippen LogP contribution >= 0.6 is 0 Å². The van der Waals surface area contributed by atoms with Crippen LogP contribution in [0.1, 0.15) is 74.0 Å². The van der Waals surface area contributed by atoms with Gasteiger partial charge in [-0.05, 0) is 61.8 Å². The minimum Gasteiger partial charge on any atom is -0.469 e. The lowest BCUT2D eigenvalue weighted by Crippen LogP contribution is -2.04. The van der Waals surface area contributed by atoms with Gasteiger partial charge >= 0.3 is 0 Å². The number of Topliss-reactive ketones (excluding diaryl/α,β-unsaturated/α-hetero) is 1. The van der Waals surface area contributed by atoms with Crippen LogP contribution in [0, 0.1) is 13.8 Å². The molecule has 0 spiro atoms. The van der Waals surface area contributed by atoms with E-state index in [0.717, 1.165) is 24.4 Å². The number of hydrogen-bond donors (Lipinski definition) is 0. The van der Waals surface area contributed by atoms with Gasteiger partial charge in [-0.1, -0.05) is 13.8 Å². The molecule has 0 aromatic carbocycles. The molecule has 0 aliphatic carbocycles. The van der Waals surface area contributed by atoms with Gasteiger partial charge < -0.3 is 8.83 Å². The van der Waals surface area contributed by atoms with Gasteiger partial charge in [0.05, 0.1) is 12.5 Å². The summed E-state index contributed by atoms with van der Waals surface area (Å²) >= 11 is 0. The van der Waals surface area contributed by atoms with E-state index in [1.165, 1.54) is 11.1 Å². The molecule has 0 bridgehead atoms. The average Bonchev–Trinajstić information content (AvgIpc) is 3.10. The van der Waals surface area contributed by atoms with Gasteiger partial charge in [0, 0.05) is 12.8 Å². The molecule has 0 fully saturated rings. The van der Waals surface area contributed by atoms with E-state index in [1.54, 1.807) is 12.5 Å². The van der Waals surface area contributed by atoms with Crippen LogP contribution in [0.4, 0.5) is 0 Å². The van der Waals surface area contributed by atoms with Crippen LogP contribution in [-0.4, -0.2) is 5.78 Å². The van der Waals surface area contributed by atoms with Crippen molar-refractivity contribution >= 4 is 5.78 Å². The molecular weight excluding hydrogens is 276 g/mol. The van der Waals surface area contributed by atoms with Crippen LogP contribution in [0.15, 0.2) is 33.5 Å². The number of hydrogen-bond acceptors (Lipinski definition) is 3. The smallest absolute Gasteiger partial charge is 0.132 e. The van der Waals surface area contributed by atoms with Crippen LogP contribution in [0.5, 0.6) is 0 Å². The Labute approximate surface area is 132 Å². The molecule has 2 atom stereocenters. The van der Waals surface area contributed by atoms with Crippen molar-refractivity contribution in [1.29, 1.82) is 0 Å². The van der Waals surface area contributed by atoms with Crippen LogP contribution < -0.4 is 0 Å². The van der Waals surface area contributed by atoms with Gasteiger partial charge in [-0.2, -0.15) is 0 Å². The summed E-state index contributed by atoms with van der Waals surface area (Å²) in [5.74, 6) is 3.02. The fourth-order valence-corrected chi connectivity index (χ4v) is 3.00. The molecule has 0 aliphatic heterocycles. The summed E-state index contributed by atoms with van der Waals surface area (Å²) in [6.07, 6.45) is 6.50. The third-order valence-corrected chi connectivity index (χ3v) is 4.57. The molecule has 0 N–H and O–H groups in total. The molecule has 120 valence electrons. The van der Waals surface area contributed by atoms with Crippen LogP contribution in [0.25, 0.3) is 0 Å². The Hall–Kier alpha value is -1.77. The largest absolute Gasteiger partial charge is 0.469 e. The Balaban J connectivity index is 1.74. The molecular formula is C19H26O3. The fraction of sp³-hybridized carbons (Fsp3) is 0.526. The van der Waals surface area contributed by atoms with Crippen molar-refractivity contribution in [3.05, 3.63) is 47.3 Å². The molecule has 0 aliphatic rings. The highest BCUT2D eigenvalue weighted by molar-refractivity contribution is 5.78. The number of carbonyl (C=O) groups excluding carboxylic acids is 1. The lowest BCUT2D eigenvalue weighted by molar-refractivity contribution is -0.119. The molecule has 2 unspecified atom stereocenters. The summed E-state index contributed by atoms with van der Waals surface area (Å²) in [5, 5.41) is 0. The second kappa shape index (κ2) is 7.48. The van der Waals surface area contributed by atoms with Gasteiger partial charge in [-0.25, -0.2) is 0 Å². The first-order valence-corrected chi connectivity index (χ1v) is 8.08. The first-order valence-electron chi connectivity index (χ1n) is 8.08. The quantitative estimate of drug-likeness (QED) is 0.644. The lowest BCUT2D eigenvalue weighted by atomic mass is 9.92. The van der Waals surface area contributed by atoms with E-state index in [9.17, 15) is 4.79 Å². The van der Waals surface area contributed by atoms with Gasteiger partial charge in [-0.3, -0.25) is 4.79 Å². The predicted octanol–water partition coefficient (Wildman–Crippen LogP) is 5.53. The maximum atomic E-state index is 12.1. The van der Waals surface area contributed by atoms with E-state index in [1.807, 2.05) is 26.0 Å². The zero-order valence-electron chi connectivity index (χ0n) is 14.0. The van der Waals surface area contributed by atoms with Crippen molar-refractivity contribution < 1.29 is 13.6 Å². The van der Waals surface area contributed by atoms with Crippen LogP contribution in [0.2, 0.25) is 0 Å². The molecule has 2 rings (SSSR count). The van der Waals surface area contributed by atoms with Crippen molar-refractivity contribution in [2.24, 2.45) is 0 Å². The second-order valence-corrected chi connectivity index (χ2v) is 6.28. The molecule has 0 saturated heterocycles. The maximum absolute atomic E-state index is 12.1. The van der Waals surface area contributed by atoms with E-state index in [2.05, 4.69) is 13.8 Å². The molecule has 0 amide bonds. The Morgan fingerprint density at radius 3 is 1.64 bits per heavy atom. The van der Waals surface area contributed by atoms with Crippen molar-refractivity contribution in [2.75, 3.05) is 0 Å². The summed E-state index contributed by atoms with van der Waals surface area (Å²) in [7, 11) is 0. The normalized spacial score (nSPS) is 14.0. The van der Waals surface area contributed by atoms with Gasteiger partial charge in [0.25, 0.3) is 0 Å². The van der Waals surface area contributed by atoms with E-state index < -0.39 is 0 Å². The summed E-state index contributed by atoms with van der Waals surface area (Å²) < 4.78 is 10.7. The SMILES string of the molecule is Cc1occc1C(C)CCC(=O)CCC(C)c1ccoc1C. The molecule has 2 aromatic rings. The first-order chi connectivity index (χ1) is 10.5. The minimum absolute atomic E-state index is 0.348. The van der Waals surface area contributed by atoms with Gasteiger partial charge in [0.2, 0.25) is 0 Å². The van der Waals surface area contributed by atoms with Crippen LogP contribution in [0.3, 0.4) is 0 Å². The maximum Gasteiger partial charge on any atom is 0.132 e. The molecule has 3 nitrogen and oxygen atoms in total. The number of carbonyl (C=O) groups is 1. The van der Waals surface area contributed by atoms with Crippen molar-refractivity contribution in [3.63, 3.8) is 0 Å². The topological polar surface area (TPSA) is 43.4 Å². The van der Waals surface area contributed by atoms with E-state index in [0.29, 0.717) is 30.5 Å². The van der Waals surface area contributed by atoms with Crippen molar-refractivity contribution in [2.45, 2.75) is 65.2 Å². The molecule has 3 heteroatoms. The predicted molar refractivity (Wildman–Crippen MR) is 87.2 cm³/mol. The zero-order valence-corrected chi connectivity index (χ0v) is 14.0. The average molecular weight is 302 g/mol. The Kier molecular flexibility index (Phi) is 5.64. The molecule has 2 heterocycles. The number of rotatable bonds is 8. The Morgan fingerprint density at radius 2 is 1.32 bits per heavy atom. The molecule has 2 aromatic heterocycles. The van der Waals surface area contributed by atoms with E-state index in [-0.39, 0.29) is 0 Å². The third-order valence-electron chi connectivity index (χ3n) is 4.57. The number of aryl methyl sites for hydroxylation is 2. The highest BCUT2D eigenvalue weighted by atomic mass is 16.3. The van der Waals surface area contributed by atoms with E-state index in [4.69, 9.17) is 8.83 Å². The fourth-order valence-electron chi connectivity index (χ4n) is 3.00. The zero-order chi connectivity index (χ0) is 16.1. The van der Waals surface area contributed by atoms with Crippen LogP contribution in [-0.2, 0) is 4.79 Å². The minimum atomic E-state index is 0.348. The summed E-state index contributed by atoms with van der Waals surface area (Å²) in [4.78, 5) is 12.1. The Morgan fingerprint density at radius 1 is 0.909 bits per heavy atom. The summed E-state index contributed by atoms with van der Waals surface area (Å²) in [5.41, 5.74) is 2.44. The number of ketones is 1. The number of furan rings is 2. The Bertz CT molecular complexity index is 553. The highest BCUT2D eigenvalue weighted by Crippen LogP contribution is 2.27. The van der Waals surface area contributed by atoms with Crippen molar-refractivity contribution in [3.8, 4) is 0 Å². The standard InChI is InChI=1S/C19H26O3/c1-13(18-9-11-21-15(18)3)5-7-17(20)8-6-14(2)19-10-12-22-16(19)4/h9-14H,5-8H2,1-4H3. The summed E-state index contributed by atoms with van der Waals surface area (Å²) in [6, 6.07) is 4.02. The molecule has 0 saturated carbocycles. The van der Waals surface area contributed by atoms with Gasteiger partial charge in [0.15, 0.2) is 0 Å². The monoisotopic (exact) mass is 302 g/mol. The van der Waals surface area contributed by atoms with Crippen molar-refractivity contribution in [1.82, 2.24) is 0 Å². The second-order valence-electron chi connectivity index (χ2n) is 6.28. The first kappa shape index (κ1) is 16.6. The third kappa shape index (κ3) is 4.12. The molecule has 0 radical (unpaired) electrons. The van der Waals surface area contributed by atoms with E-state index >= 15 is 0 Å². The lowest BCUT2D eigenvalue weighted by Gasteiger charge is -2.12. The molecule has 22 heavy (non-hydrogen) atoms.